The van der Waals surface area contributed by atoms with Gasteiger partial charge in [-0.25, -0.2) is 8.78 Å². The first-order chi connectivity index (χ1) is 10.0. The number of nitrogens with two attached hydrogens (primary N) is 1. The fourth-order valence-electron chi connectivity index (χ4n) is 2.20. The van der Waals surface area contributed by atoms with E-state index in [4.69, 9.17) is 10.5 Å². The molecule has 108 valence electrons. The van der Waals surface area contributed by atoms with E-state index in [1.165, 1.54) is 0 Å². The van der Waals surface area contributed by atoms with Gasteiger partial charge in [0.15, 0.2) is 11.6 Å². The van der Waals surface area contributed by atoms with E-state index in [-0.39, 0.29) is 17.3 Å². The fourth-order valence-corrected chi connectivity index (χ4v) is 2.20. The lowest BCUT2D eigenvalue weighted by Crippen LogP contribution is -2.18. The summed E-state index contributed by atoms with van der Waals surface area (Å²) in [6.45, 7) is 0. The van der Waals surface area contributed by atoms with Gasteiger partial charge in [-0.2, -0.15) is 0 Å². The van der Waals surface area contributed by atoms with Crippen LogP contribution in [-0.4, -0.2) is 5.91 Å². The average molecular weight is 290 g/mol. The molecular weight excluding hydrogens is 278 g/mol. The number of benzene rings is 2. The summed E-state index contributed by atoms with van der Waals surface area (Å²) < 4.78 is 32.0. The van der Waals surface area contributed by atoms with Crippen LogP contribution in [0.5, 0.6) is 11.5 Å². The minimum atomic E-state index is -0.866. The monoisotopic (exact) mass is 290 g/mol. The molecule has 2 aromatic carbocycles. The first kappa shape index (κ1) is 13.4. The van der Waals surface area contributed by atoms with Crippen LogP contribution in [0.2, 0.25) is 0 Å². The molecule has 1 amide bonds. The Balaban J connectivity index is 1.91. The Morgan fingerprint density at radius 2 is 1.95 bits per heavy atom. The number of nitrogen functional groups attached to an aromatic ring is 1. The summed E-state index contributed by atoms with van der Waals surface area (Å²) in [6, 6.07) is 6.74. The maximum atomic E-state index is 13.4. The number of hydrogen-bond acceptors (Lipinski definition) is 3. The molecule has 2 aromatic rings. The van der Waals surface area contributed by atoms with Crippen LogP contribution < -0.4 is 15.8 Å². The average Bonchev–Trinajstić information content (AvgIpc) is 2.44. The molecule has 4 nitrogen and oxygen atoms in total. The SMILES string of the molecule is Nc1c(F)cc(F)cc1Oc1ccc2c(c1)CCC(=O)N2. The Bertz CT molecular complexity index is 732. The smallest absolute Gasteiger partial charge is 0.224 e. The van der Waals surface area contributed by atoms with E-state index in [9.17, 15) is 13.6 Å². The van der Waals surface area contributed by atoms with Crippen LogP contribution in [0.4, 0.5) is 20.2 Å². The molecule has 1 heterocycles. The lowest BCUT2D eigenvalue weighted by molar-refractivity contribution is -0.116. The predicted octanol–water partition coefficient (Wildman–Crippen LogP) is 3.22. The number of amides is 1. The van der Waals surface area contributed by atoms with Gasteiger partial charge in [-0.15, -0.1) is 0 Å². The Kier molecular flexibility index (Phi) is 3.21. The van der Waals surface area contributed by atoms with Crippen LogP contribution in [0.3, 0.4) is 0 Å². The van der Waals surface area contributed by atoms with E-state index < -0.39 is 11.6 Å². The van der Waals surface area contributed by atoms with Gasteiger partial charge >= 0.3 is 0 Å². The van der Waals surface area contributed by atoms with Crippen molar-refractivity contribution in [1.29, 1.82) is 0 Å². The van der Waals surface area contributed by atoms with Gasteiger partial charge in [-0.1, -0.05) is 0 Å². The van der Waals surface area contributed by atoms with Gasteiger partial charge in [-0.3, -0.25) is 4.79 Å². The molecule has 0 saturated heterocycles. The molecule has 3 rings (SSSR count). The van der Waals surface area contributed by atoms with E-state index in [2.05, 4.69) is 5.32 Å². The Labute approximate surface area is 119 Å². The minimum absolute atomic E-state index is 0.0346. The summed E-state index contributed by atoms with van der Waals surface area (Å²) in [6.07, 6.45) is 0.985. The van der Waals surface area contributed by atoms with Gasteiger partial charge in [0.25, 0.3) is 0 Å². The second kappa shape index (κ2) is 5.05. The number of hydrogen-bond donors (Lipinski definition) is 2. The third-order valence-electron chi connectivity index (χ3n) is 3.26. The van der Waals surface area contributed by atoms with Gasteiger partial charge in [-0.05, 0) is 30.2 Å². The van der Waals surface area contributed by atoms with Crippen LogP contribution in [-0.2, 0) is 11.2 Å². The first-order valence-corrected chi connectivity index (χ1v) is 6.38. The summed E-state index contributed by atoms with van der Waals surface area (Å²) in [5.41, 5.74) is 6.91. The summed E-state index contributed by atoms with van der Waals surface area (Å²) in [5.74, 6) is -1.33. The number of anilines is 2. The second-order valence-corrected chi connectivity index (χ2v) is 4.77. The zero-order chi connectivity index (χ0) is 15.0. The van der Waals surface area contributed by atoms with E-state index in [1.807, 2.05) is 0 Å². The summed E-state index contributed by atoms with van der Waals surface area (Å²) >= 11 is 0. The summed E-state index contributed by atoms with van der Waals surface area (Å²) in [7, 11) is 0. The number of fused-ring (bicyclic) bond motifs is 1. The van der Waals surface area contributed by atoms with Crippen molar-refractivity contribution in [3.8, 4) is 11.5 Å². The number of carbonyl (C=O) groups excluding carboxylic acids is 1. The van der Waals surface area contributed by atoms with Crippen molar-refractivity contribution in [2.75, 3.05) is 11.1 Å². The maximum Gasteiger partial charge on any atom is 0.224 e. The van der Waals surface area contributed by atoms with Crippen LogP contribution in [0.15, 0.2) is 30.3 Å². The molecule has 0 fully saturated rings. The zero-order valence-electron chi connectivity index (χ0n) is 11.0. The van der Waals surface area contributed by atoms with Crippen molar-refractivity contribution in [2.45, 2.75) is 12.8 Å². The maximum absolute atomic E-state index is 13.4. The van der Waals surface area contributed by atoms with E-state index in [0.717, 1.165) is 17.3 Å². The highest BCUT2D eigenvalue weighted by Gasteiger charge is 2.16. The highest BCUT2D eigenvalue weighted by Crippen LogP contribution is 2.33. The molecular formula is C15H12F2N2O2. The van der Waals surface area contributed by atoms with Gasteiger partial charge in [0.2, 0.25) is 5.91 Å². The van der Waals surface area contributed by atoms with Gasteiger partial charge in [0, 0.05) is 24.2 Å². The fraction of sp³-hybridized carbons (Fsp3) is 0.133. The Morgan fingerprint density at radius 3 is 2.76 bits per heavy atom. The summed E-state index contributed by atoms with van der Waals surface area (Å²) in [5, 5.41) is 2.74. The largest absolute Gasteiger partial charge is 0.455 e. The lowest BCUT2D eigenvalue weighted by Gasteiger charge is -2.18. The number of rotatable bonds is 2. The molecule has 0 spiro atoms. The number of carbonyl (C=O) groups is 1. The first-order valence-electron chi connectivity index (χ1n) is 6.38. The third kappa shape index (κ3) is 2.65. The molecule has 0 bridgehead atoms. The molecule has 21 heavy (non-hydrogen) atoms. The Morgan fingerprint density at radius 1 is 1.14 bits per heavy atom. The molecule has 0 saturated carbocycles. The second-order valence-electron chi connectivity index (χ2n) is 4.77. The molecule has 0 unspecified atom stereocenters. The zero-order valence-corrected chi connectivity index (χ0v) is 11.0. The van der Waals surface area contributed by atoms with Gasteiger partial charge < -0.3 is 15.8 Å². The van der Waals surface area contributed by atoms with Crippen molar-refractivity contribution >= 4 is 17.3 Å². The van der Waals surface area contributed by atoms with Crippen LogP contribution in [0.1, 0.15) is 12.0 Å². The minimum Gasteiger partial charge on any atom is -0.455 e. The lowest BCUT2D eigenvalue weighted by atomic mass is 10.0. The molecule has 0 radical (unpaired) electrons. The molecule has 1 aliphatic heterocycles. The van der Waals surface area contributed by atoms with Crippen molar-refractivity contribution in [3.63, 3.8) is 0 Å². The normalized spacial score (nSPS) is 13.5. The highest BCUT2D eigenvalue weighted by molar-refractivity contribution is 5.94. The Hall–Kier alpha value is -2.63. The number of ether oxygens (including phenoxy) is 1. The number of nitrogens with one attached hydrogen (secondary N) is 1. The molecule has 3 N–H and O–H groups in total. The highest BCUT2D eigenvalue weighted by atomic mass is 19.1. The van der Waals surface area contributed by atoms with E-state index >= 15 is 0 Å². The number of halogens is 2. The molecule has 0 aromatic heterocycles. The van der Waals surface area contributed by atoms with E-state index in [1.54, 1.807) is 18.2 Å². The van der Waals surface area contributed by atoms with E-state index in [0.29, 0.717) is 24.7 Å². The van der Waals surface area contributed by atoms with Crippen LogP contribution >= 0.6 is 0 Å². The molecule has 0 aliphatic carbocycles. The van der Waals surface area contributed by atoms with Crippen molar-refractivity contribution < 1.29 is 18.3 Å². The van der Waals surface area contributed by atoms with Crippen LogP contribution in [0, 0.1) is 11.6 Å². The third-order valence-corrected chi connectivity index (χ3v) is 3.26. The molecule has 1 aliphatic rings. The van der Waals surface area contributed by atoms with Gasteiger partial charge in [0.1, 0.15) is 17.3 Å². The topological polar surface area (TPSA) is 64.3 Å². The van der Waals surface area contributed by atoms with Gasteiger partial charge in [0.05, 0.1) is 0 Å². The molecule has 6 heteroatoms. The predicted molar refractivity (Wildman–Crippen MR) is 74.2 cm³/mol. The van der Waals surface area contributed by atoms with Crippen molar-refractivity contribution in [1.82, 2.24) is 0 Å². The quantitative estimate of drug-likeness (QED) is 0.835. The van der Waals surface area contributed by atoms with Crippen molar-refractivity contribution in [3.05, 3.63) is 47.5 Å². The standard InChI is InChI=1S/C15H12F2N2O2/c16-9-6-11(17)15(18)13(7-9)21-10-2-3-12-8(5-10)1-4-14(20)19-12/h2-3,5-7H,1,4,18H2,(H,19,20). The summed E-state index contributed by atoms with van der Waals surface area (Å²) in [4.78, 5) is 11.3. The number of aryl methyl sites for hydroxylation is 1. The van der Waals surface area contributed by atoms with Crippen molar-refractivity contribution in [2.24, 2.45) is 0 Å². The van der Waals surface area contributed by atoms with Crippen LogP contribution in [0.25, 0.3) is 0 Å². The molecule has 0 atom stereocenters.